The van der Waals surface area contributed by atoms with E-state index in [2.05, 4.69) is 14.9 Å². The standard InChI is InChI=1S/C18H17N3O4S/c22-16-15(26-18(25)20-16)8-10-1-6-13-14(7-10)21(9-19-13)12-4-2-11(3-5-12)17(23)24/h1,6-9,11-12H,2-5H2,(H,23,24)(H,20,22,25)/b15-8-. The summed E-state index contributed by atoms with van der Waals surface area (Å²) >= 11 is 0.895. The molecule has 2 N–H and O–H groups in total. The van der Waals surface area contributed by atoms with Crippen molar-refractivity contribution in [2.24, 2.45) is 5.92 Å². The molecule has 4 rings (SSSR count). The van der Waals surface area contributed by atoms with Gasteiger partial charge in [-0.2, -0.15) is 0 Å². The van der Waals surface area contributed by atoms with Crippen LogP contribution in [0.15, 0.2) is 29.4 Å². The predicted molar refractivity (Wildman–Crippen MR) is 97.5 cm³/mol. The van der Waals surface area contributed by atoms with Crippen molar-refractivity contribution in [1.82, 2.24) is 14.9 Å². The monoisotopic (exact) mass is 371 g/mol. The van der Waals surface area contributed by atoms with Gasteiger partial charge >= 0.3 is 5.97 Å². The Hall–Kier alpha value is -2.61. The Morgan fingerprint density at radius 2 is 2.04 bits per heavy atom. The van der Waals surface area contributed by atoms with Crippen LogP contribution in [0, 0.1) is 5.92 Å². The van der Waals surface area contributed by atoms with E-state index in [0.29, 0.717) is 17.7 Å². The summed E-state index contributed by atoms with van der Waals surface area (Å²) in [4.78, 5) is 39.0. The highest BCUT2D eigenvalue weighted by atomic mass is 32.2. The Bertz CT molecular complexity index is 941. The molecule has 1 saturated carbocycles. The summed E-state index contributed by atoms with van der Waals surface area (Å²) in [5.74, 6) is -1.34. The van der Waals surface area contributed by atoms with E-state index in [1.54, 1.807) is 12.4 Å². The topological polar surface area (TPSA) is 101 Å². The van der Waals surface area contributed by atoms with Crippen molar-refractivity contribution in [3.05, 3.63) is 35.0 Å². The van der Waals surface area contributed by atoms with Gasteiger partial charge in [0, 0.05) is 6.04 Å². The second kappa shape index (κ2) is 6.60. The van der Waals surface area contributed by atoms with Crippen LogP contribution in [0.1, 0.15) is 37.3 Å². The summed E-state index contributed by atoms with van der Waals surface area (Å²) < 4.78 is 2.10. The Labute approximate surface area is 153 Å². The first kappa shape index (κ1) is 16.8. The molecule has 0 unspecified atom stereocenters. The number of nitrogens with one attached hydrogen (secondary N) is 1. The lowest BCUT2D eigenvalue weighted by molar-refractivity contribution is -0.143. The number of rotatable bonds is 3. The predicted octanol–water partition coefficient (Wildman–Crippen LogP) is 3.18. The van der Waals surface area contributed by atoms with E-state index < -0.39 is 5.97 Å². The molecule has 0 bridgehead atoms. The molecule has 1 aliphatic heterocycles. The van der Waals surface area contributed by atoms with E-state index in [1.165, 1.54) is 0 Å². The fourth-order valence-electron chi connectivity index (χ4n) is 3.60. The van der Waals surface area contributed by atoms with Crippen molar-refractivity contribution >= 4 is 46.0 Å². The number of aromatic nitrogens is 2. The molecule has 2 amide bonds. The smallest absolute Gasteiger partial charge is 0.306 e. The van der Waals surface area contributed by atoms with Crippen molar-refractivity contribution in [3.63, 3.8) is 0 Å². The first-order valence-corrected chi connectivity index (χ1v) is 9.27. The number of carbonyl (C=O) groups excluding carboxylic acids is 2. The van der Waals surface area contributed by atoms with Gasteiger partial charge in [-0.15, -0.1) is 0 Å². The zero-order chi connectivity index (χ0) is 18.3. The Kier molecular flexibility index (Phi) is 4.28. The van der Waals surface area contributed by atoms with E-state index >= 15 is 0 Å². The fourth-order valence-corrected chi connectivity index (χ4v) is 4.28. The van der Waals surface area contributed by atoms with E-state index in [0.717, 1.165) is 41.2 Å². The number of carbonyl (C=O) groups is 3. The van der Waals surface area contributed by atoms with Gasteiger partial charge in [0.15, 0.2) is 0 Å². The van der Waals surface area contributed by atoms with Gasteiger partial charge in [-0.1, -0.05) is 6.07 Å². The van der Waals surface area contributed by atoms with E-state index in [9.17, 15) is 14.4 Å². The molecule has 26 heavy (non-hydrogen) atoms. The summed E-state index contributed by atoms with van der Waals surface area (Å²) in [7, 11) is 0. The fraction of sp³-hybridized carbons (Fsp3) is 0.333. The molecule has 0 spiro atoms. The zero-order valence-electron chi connectivity index (χ0n) is 13.8. The van der Waals surface area contributed by atoms with Crippen LogP contribution in [0.25, 0.3) is 17.1 Å². The van der Waals surface area contributed by atoms with Crippen LogP contribution in [0.5, 0.6) is 0 Å². The number of thioether (sulfide) groups is 1. The number of carboxylic acids is 1. The summed E-state index contributed by atoms with van der Waals surface area (Å²) in [6, 6.07) is 5.93. The molecule has 1 saturated heterocycles. The third-order valence-corrected chi connectivity index (χ3v) is 5.79. The van der Waals surface area contributed by atoms with Gasteiger partial charge < -0.3 is 9.67 Å². The molecule has 2 fully saturated rings. The zero-order valence-corrected chi connectivity index (χ0v) is 14.7. The number of fused-ring (bicyclic) bond motifs is 1. The van der Waals surface area contributed by atoms with Crippen molar-refractivity contribution in [3.8, 4) is 0 Å². The molecule has 8 heteroatoms. The first-order valence-electron chi connectivity index (χ1n) is 8.45. The molecule has 2 aromatic rings. The van der Waals surface area contributed by atoms with Crippen molar-refractivity contribution in [2.75, 3.05) is 0 Å². The normalized spacial score (nSPS) is 25.0. The molecule has 1 aliphatic carbocycles. The highest BCUT2D eigenvalue weighted by Gasteiger charge is 2.28. The minimum absolute atomic E-state index is 0.226. The number of hydrogen-bond donors (Lipinski definition) is 2. The Morgan fingerprint density at radius 3 is 2.69 bits per heavy atom. The molecular weight excluding hydrogens is 354 g/mol. The van der Waals surface area contributed by atoms with Crippen LogP contribution in [0.3, 0.4) is 0 Å². The highest BCUT2D eigenvalue weighted by molar-refractivity contribution is 8.18. The minimum atomic E-state index is -0.713. The third kappa shape index (κ3) is 3.12. The van der Waals surface area contributed by atoms with Gasteiger partial charge in [0.1, 0.15) is 0 Å². The van der Waals surface area contributed by atoms with Crippen LogP contribution < -0.4 is 5.32 Å². The summed E-state index contributed by atoms with van der Waals surface area (Å²) in [6.07, 6.45) is 6.45. The molecule has 2 heterocycles. The number of imidazole rings is 1. The van der Waals surface area contributed by atoms with Gasteiger partial charge in [-0.3, -0.25) is 19.7 Å². The second-order valence-electron chi connectivity index (χ2n) is 6.60. The van der Waals surface area contributed by atoms with Crippen molar-refractivity contribution < 1.29 is 19.5 Å². The number of nitrogens with zero attached hydrogens (tertiary/aromatic N) is 2. The van der Waals surface area contributed by atoms with E-state index in [-0.39, 0.29) is 23.1 Å². The van der Waals surface area contributed by atoms with Crippen LogP contribution in [0.4, 0.5) is 4.79 Å². The number of hydrogen-bond acceptors (Lipinski definition) is 5. The average molecular weight is 371 g/mol. The molecule has 1 aromatic carbocycles. The lowest BCUT2D eigenvalue weighted by Crippen LogP contribution is -2.23. The van der Waals surface area contributed by atoms with Crippen LogP contribution >= 0.6 is 11.8 Å². The largest absolute Gasteiger partial charge is 0.481 e. The van der Waals surface area contributed by atoms with E-state index in [4.69, 9.17) is 5.11 Å². The number of amides is 2. The molecular formula is C18H17N3O4S. The highest BCUT2D eigenvalue weighted by Crippen LogP contribution is 2.34. The van der Waals surface area contributed by atoms with Gasteiger partial charge in [0.05, 0.1) is 28.2 Å². The minimum Gasteiger partial charge on any atom is -0.481 e. The lowest BCUT2D eigenvalue weighted by atomic mass is 9.86. The third-order valence-electron chi connectivity index (χ3n) is 4.98. The maximum Gasteiger partial charge on any atom is 0.306 e. The molecule has 134 valence electrons. The molecule has 1 aromatic heterocycles. The van der Waals surface area contributed by atoms with Gasteiger partial charge in [-0.05, 0) is 61.2 Å². The second-order valence-corrected chi connectivity index (χ2v) is 7.61. The number of carboxylic acid groups (broad SMARTS) is 1. The quantitative estimate of drug-likeness (QED) is 0.804. The molecule has 7 nitrogen and oxygen atoms in total. The van der Waals surface area contributed by atoms with E-state index in [1.807, 2.05) is 18.2 Å². The number of benzene rings is 1. The maximum atomic E-state index is 11.7. The van der Waals surface area contributed by atoms with Crippen molar-refractivity contribution in [2.45, 2.75) is 31.7 Å². The number of aliphatic carboxylic acids is 1. The SMILES string of the molecule is O=C1NC(=O)/C(=C/c2ccc3ncn(C4CCC(C(=O)O)CC4)c3c2)S1. The van der Waals surface area contributed by atoms with Gasteiger partial charge in [0.25, 0.3) is 11.1 Å². The summed E-state index contributed by atoms with van der Waals surface area (Å²) in [6.45, 7) is 0. The molecule has 0 radical (unpaired) electrons. The average Bonchev–Trinajstić information content (AvgIpc) is 3.17. The Morgan fingerprint density at radius 1 is 1.27 bits per heavy atom. The van der Waals surface area contributed by atoms with Gasteiger partial charge in [0.2, 0.25) is 0 Å². The first-order chi connectivity index (χ1) is 12.5. The Balaban J connectivity index is 1.62. The van der Waals surface area contributed by atoms with Crippen LogP contribution in [0.2, 0.25) is 0 Å². The number of imide groups is 1. The van der Waals surface area contributed by atoms with Crippen LogP contribution in [-0.4, -0.2) is 31.8 Å². The van der Waals surface area contributed by atoms with Crippen molar-refractivity contribution in [1.29, 1.82) is 0 Å². The van der Waals surface area contributed by atoms with Gasteiger partial charge in [-0.25, -0.2) is 4.98 Å². The van der Waals surface area contributed by atoms with Crippen LogP contribution in [-0.2, 0) is 9.59 Å². The molecule has 2 aliphatic rings. The summed E-state index contributed by atoms with van der Waals surface area (Å²) in [5, 5.41) is 11.0. The maximum absolute atomic E-state index is 11.7. The molecule has 0 atom stereocenters. The summed E-state index contributed by atoms with van der Waals surface area (Å²) in [5.41, 5.74) is 2.63. The lowest BCUT2D eigenvalue weighted by Gasteiger charge is -2.27.